The number of nitrogens with one attached hydrogen (secondary N) is 1. The van der Waals surface area contributed by atoms with Crippen LogP contribution >= 0.6 is 12.4 Å². The highest BCUT2D eigenvalue weighted by Crippen LogP contribution is 2.19. The van der Waals surface area contributed by atoms with Gasteiger partial charge in [0.05, 0.1) is 13.0 Å². The fraction of sp³-hybridized carbons (Fsp3) is 0.381. The van der Waals surface area contributed by atoms with Gasteiger partial charge in [-0.05, 0) is 43.9 Å². The van der Waals surface area contributed by atoms with Crippen LogP contribution in [0.25, 0.3) is 0 Å². The fourth-order valence-electron chi connectivity index (χ4n) is 2.98. The van der Waals surface area contributed by atoms with Crippen molar-refractivity contribution in [3.05, 3.63) is 71.3 Å². The van der Waals surface area contributed by atoms with Crippen molar-refractivity contribution in [1.29, 1.82) is 0 Å². The minimum Gasteiger partial charge on any atom is -0.469 e. The van der Waals surface area contributed by atoms with E-state index in [0.29, 0.717) is 12.1 Å². The van der Waals surface area contributed by atoms with Crippen molar-refractivity contribution in [1.82, 2.24) is 5.32 Å². The van der Waals surface area contributed by atoms with Crippen LogP contribution in [0.3, 0.4) is 0 Å². The molecular formula is C21H28ClNO2. The zero-order valence-electron chi connectivity index (χ0n) is 15.4. The first-order valence-electron chi connectivity index (χ1n) is 8.49. The van der Waals surface area contributed by atoms with Gasteiger partial charge in [0.15, 0.2) is 0 Å². The van der Waals surface area contributed by atoms with E-state index in [2.05, 4.69) is 55.6 Å². The number of methoxy groups -OCH3 is 1. The average Bonchev–Trinajstić information content (AvgIpc) is 2.61. The molecule has 2 aromatic carbocycles. The lowest BCUT2D eigenvalue weighted by atomic mass is 9.96. The maximum Gasteiger partial charge on any atom is 0.312 e. The number of carbonyl (C=O) groups is 1. The van der Waals surface area contributed by atoms with Gasteiger partial charge < -0.3 is 10.1 Å². The highest BCUT2D eigenvalue weighted by atomic mass is 35.5. The van der Waals surface area contributed by atoms with Crippen LogP contribution < -0.4 is 5.32 Å². The van der Waals surface area contributed by atoms with Crippen LogP contribution in [-0.4, -0.2) is 19.1 Å². The summed E-state index contributed by atoms with van der Waals surface area (Å²) in [6.45, 7) is 6.25. The van der Waals surface area contributed by atoms with Crippen LogP contribution in [0, 0.1) is 0 Å². The molecule has 136 valence electrons. The van der Waals surface area contributed by atoms with Crippen molar-refractivity contribution in [3.63, 3.8) is 0 Å². The predicted molar refractivity (Wildman–Crippen MR) is 105 cm³/mol. The highest BCUT2D eigenvalue weighted by Gasteiger charge is 2.16. The normalized spacial score (nSPS) is 14.1. The predicted octanol–water partition coefficient (Wildman–Crippen LogP) is 4.67. The number of carbonyl (C=O) groups excluding carboxylic acids is 1. The Morgan fingerprint density at radius 3 is 2.28 bits per heavy atom. The van der Waals surface area contributed by atoms with Crippen molar-refractivity contribution >= 4 is 18.4 Å². The van der Waals surface area contributed by atoms with Crippen LogP contribution in [-0.2, 0) is 16.0 Å². The number of rotatable bonds is 7. The second-order valence-electron chi connectivity index (χ2n) is 6.39. The molecule has 1 N–H and O–H groups in total. The van der Waals surface area contributed by atoms with E-state index < -0.39 is 0 Å². The lowest BCUT2D eigenvalue weighted by Crippen LogP contribution is -2.30. The molecule has 4 heteroatoms. The summed E-state index contributed by atoms with van der Waals surface area (Å²) in [7, 11) is 1.43. The molecule has 0 spiro atoms. The molecule has 0 fully saturated rings. The number of hydrogen-bond donors (Lipinski definition) is 1. The summed E-state index contributed by atoms with van der Waals surface area (Å²) in [6, 6.07) is 19.3. The molecule has 0 aromatic heterocycles. The Morgan fingerprint density at radius 2 is 1.64 bits per heavy atom. The summed E-state index contributed by atoms with van der Waals surface area (Å²) in [5, 5.41) is 3.64. The molecule has 2 rings (SSSR count). The largest absolute Gasteiger partial charge is 0.469 e. The van der Waals surface area contributed by atoms with E-state index in [0.717, 1.165) is 12.0 Å². The molecule has 0 aliphatic carbocycles. The zero-order valence-corrected chi connectivity index (χ0v) is 16.2. The summed E-state index contributed by atoms with van der Waals surface area (Å²) in [6.07, 6.45) is 0.916. The quantitative estimate of drug-likeness (QED) is 0.728. The maximum absolute atomic E-state index is 11.7. The molecule has 2 aromatic rings. The molecule has 0 radical (unpaired) electrons. The Labute approximate surface area is 157 Å². The van der Waals surface area contributed by atoms with Crippen molar-refractivity contribution in [2.24, 2.45) is 0 Å². The van der Waals surface area contributed by atoms with Gasteiger partial charge in [-0.25, -0.2) is 0 Å². The van der Waals surface area contributed by atoms with Crippen LogP contribution in [0.5, 0.6) is 0 Å². The third-order valence-corrected chi connectivity index (χ3v) is 4.38. The van der Waals surface area contributed by atoms with Gasteiger partial charge >= 0.3 is 5.97 Å². The van der Waals surface area contributed by atoms with Crippen molar-refractivity contribution in [2.75, 3.05) is 7.11 Å². The molecule has 0 amide bonds. The Bertz CT molecular complexity index is 660. The second-order valence-corrected chi connectivity index (χ2v) is 6.39. The number of benzene rings is 2. The van der Waals surface area contributed by atoms with Gasteiger partial charge in [-0.15, -0.1) is 12.4 Å². The number of esters is 1. The highest BCUT2D eigenvalue weighted by molar-refractivity contribution is 5.85. The van der Waals surface area contributed by atoms with E-state index in [-0.39, 0.29) is 24.3 Å². The van der Waals surface area contributed by atoms with Gasteiger partial charge in [-0.3, -0.25) is 4.79 Å². The third kappa shape index (κ3) is 6.18. The Balaban J connectivity index is 0.00000312. The first kappa shape index (κ1) is 21.2. The summed E-state index contributed by atoms with van der Waals surface area (Å²) in [5.41, 5.74) is 3.52. The number of hydrogen-bond acceptors (Lipinski definition) is 3. The monoisotopic (exact) mass is 361 g/mol. The minimum absolute atomic E-state index is 0. The number of halogens is 1. The summed E-state index contributed by atoms with van der Waals surface area (Å²) in [5.74, 6) is -0.433. The molecule has 0 aliphatic heterocycles. The van der Waals surface area contributed by atoms with E-state index in [9.17, 15) is 4.79 Å². The average molecular weight is 362 g/mol. The van der Waals surface area contributed by atoms with Crippen LogP contribution in [0.2, 0.25) is 0 Å². The molecule has 25 heavy (non-hydrogen) atoms. The van der Waals surface area contributed by atoms with Crippen molar-refractivity contribution in [2.45, 2.75) is 45.2 Å². The molecule has 3 atom stereocenters. The first-order valence-corrected chi connectivity index (χ1v) is 8.49. The lowest BCUT2D eigenvalue weighted by molar-refractivity contribution is -0.141. The molecule has 0 saturated heterocycles. The molecule has 0 aliphatic rings. The van der Waals surface area contributed by atoms with Crippen LogP contribution in [0.15, 0.2) is 54.6 Å². The zero-order chi connectivity index (χ0) is 17.5. The van der Waals surface area contributed by atoms with Gasteiger partial charge in [0, 0.05) is 12.1 Å². The molecule has 0 saturated carbocycles. The maximum atomic E-state index is 11.7. The van der Waals surface area contributed by atoms with E-state index >= 15 is 0 Å². The first-order chi connectivity index (χ1) is 11.5. The Hall–Kier alpha value is -1.84. The van der Waals surface area contributed by atoms with Crippen molar-refractivity contribution in [3.8, 4) is 0 Å². The van der Waals surface area contributed by atoms with Gasteiger partial charge in [0.2, 0.25) is 0 Å². The van der Waals surface area contributed by atoms with E-state index in [1.54, 1.807) is 0 Å². The van der Waals surface area contributed by atoms with Crippen LogP contribution in [0.4, 0.5) is 0 Å². The summed E-state index contributed by atoms with van der Waals surface area (Å²) in [4.78, 5) is 11.7. The van der Waals surface area contributed by atoms with Gasteiger partial charge in [0.25, 0.3) is 0 Å². The summed E-state index contributed by atoms with van der Waals surface area (Å²) < 4.78 is 4.84. The SMILES string of the molecule is COC(=O)C(C)c1cccc(C[C@@H](C)N[C@H](C)c2ccccc2)c1.Cl. The molecular weight excluding hydrogens is 334 g/mol. The third-order valence-electron chi connectivity index (χ3n) is 4.38. The lowest BCUT2D eigenvalue weighted by Gasteiger charge is -2.21. The van der Waals surface area contributed by atoms with Gasteiger partial charge in [-0.1, -0.05) is 54.6 Å². The molecule has 0 heterocycles. The second kappa shape index (κ2) is 10.2. The standard InChI is InChI=1S/C21H27NO2.ClH/c1-15(22-17(3)19-10-6-5-7-11-19)13-18-9-8-12-20(14-18)16(2)21(23)24-4;/h5-12,14-17,22H,13H2,1-4H3;1H/t15-,16?,17-;/m1./s1. The Kier molecular flexibility index (Phi) is 8.67. The number of ether oxygens (including phenoxy) is 1. The fourth-order valence-corrected chi connectivity index (χ4v) is 2.98. The topological polar surface area (TPSA) is 38.3 Å². The van der Waals surface area contributed by atoms with Gasteiger partial charge in [0.1, 0.15) is 0 Å². The van der Waals surface area contributed by atoms with E-state index in [4.69, 9.17) is 4.74 Å². The van der Waals surface area contributed by atoms with E-state index in [1.807, 2.05) is 25.1 Å². The van der Waals surface area contributed by atoms with Crippen molar-refractivity contribution < 1.29 is 9.53 Å². The summed E-state index contributed by atoms with van der Waals surface area (Å²) >= 11 is 0. The van der Waals surface area contributed by atoms with Gasteiger partial charge in [-0.2, -0.15) is 0 Å². The molecule has 0 bridgehead atoms. The molecule has 1 unspecified atom stereocenters. The molecule has 3 nitrogen and oxygen atoms in total. The smallest absolute Gasteiger partial charge is 0.312 e. The Morgan fingerprint density at radius 1 is 1.00 bits per heavy atom. The van der Waals surface area contributed by atoms with Crippen LogP contribution in [0.1, 0.15) is 49.4 Å². The van der Waals surface area contributed by atoms with E-state index in [1.165, 1.54) is 18.2 Å². The minimum atomic E-state index is -0.235.